The highest BCUT2D eigenvalue weighted by Gasteiger charge is 2.36. The van der Waals surface area contributed by atoms with Crippen LogP contribution < -0.4 is 26.0 Å². The first-order chi connectivity index (χ1) is 20.9. The SMILES string of the molecule is CCCCOC(=O)COc1ccc(C2C=CC=C(C(=O)NCCNC(=O)CCCC[C@@H]3SCC4C[C@@H]3NC(=O)N4)C2)cc1. The second-order valence-electron chi connectivity index (χ2n) is 11.2. The number of rotatable bonds is 16. The van der Waals surface area contributed by atoms with E-state index in [9.17, 15) is 19.2 Å². The number of benzene rings is 1. The minimum absolute atomic E-state index is 0.0125. The van der Waals surface area contributed by atoms with Gasteiger partial charge in [-0.25, -0.2) is 9.59 Å². The Morgan fingerprint density at radius 3 is 2.67 bits per heavy atom. The highest BCUT2D eigenvalue weighted by atomic mass is 32.2. The molecule has 2 saturated heterocycles. The van der Waals surface area contributed by atoms with Gasteiger partial charge < -0.3 is 30.7 Å². The normalized spacial score (nSPS) is 22.4. The van der Waals surface area contributed by atoms with Gasteiger partial charge in [0.2, 0.25) is 11.8 Å². The smallest absolute Gasteiger partial charge is 0.344 e. The van der Waals surface area contributed by atoms with E-state index in [1.165, 1.54) is 0 Å². The Kier molecular flexibility index (Phi) is 12.8. The minimum Gasteiger partial charge on any atom is -0.482 e. The minimum atomic E-state index is -0.379. The third-order valence-corrected chi connectivity index (χ3v) is 9.41. The Bertz CT molecular complexity index is 1170. The van der Waals surface area contributed by atoms with Crippen LogP contribution in [0.3, 0.4) is 0 Å². The molecular formula is C32H44N4O6S. The van der Waals surface area contributed by atoms with Crippen molar-refractivity contribution in [1.82, 2.24) is 21.3 Å². The van der Waals surface area contributed by atoms with Crippen LogP contribution in [0.5, 0.6) is 5.75 Å². The Morgan fingerprint density at radius 1 is 1.05 bits per heavy atom. The summed E-state index contributed by atoms with van der Waals surface area (Å²) in [6.07, 6.45) is 12.3. The topological polar surface area (TPSA) is 135 Å². The number of nitrogens with one attached hydrogen (secondary N) is 4. The number of carbonyl (C=O) groups is 4. The summed E-state index contributed by atoms with van der Waals surface area (Å²) in [7, 11) is 0. The predicted molar refractivity (Wildman–Crippen MR) is 167 cm³/mol. The van der Waals surface area contributed by atoms with Gasteiger partial charge in [-0.05, 0) is 49.8 Å². The largest absolute Gasteiger partial charge is 0.482 e. The number of urea groups is 1. The van der Waals surface area contributed by atoms with E-state index in [1.807, 2.05) is 55.1 Å². The van der Waals surface area contributed by atoms with Crippen molar-refractivity contribution in [2.24, 2.45) is 0 Å². The molecule has 4 N–H and O–H groups in total. The second kappa shape index (κ2) is 17.0. The summed E-state index contributed by atoms with van der Waals surface area (Å²) >= 11 is 1.91. The number of hydrogen-bond acceptors (Lipinski definition) is 7. The number of ether oxygens (including phenoxy) is 2. The van der Waals surface area contributed by atoms with Gasteiger partial charge in [-0.2, -0.15) is 11.8 Å². The fraction of sp³-hybridized carbons (Fsp3) is 0.562. The van der Waals surface area contributed by atoms with Crippen LogP contribution in [-0.4, -0.2) is 73.2 Å². The molecule has 1 aromatic rings. The average Bonchev–Trinajstić information content (AvgIpc) is 3.01. The number of carbonyl (C=O) groups excluding carboxylic acids is 4. The van der Waals surface area contributed by atoms with Gasteiger partial charge in [0.1, 0.15) is 5.75 Å². The second-order valence-corrected chi connectivity index (χ2v) is 12.5. The Labute approximate surface area is 258 Å². The zero-order chi connectivity index (χ0) is 30.4. The molecule has 2 bridgehead atoms. The fourth-order valence-electron chi connectivity index (χ4n) is 5.43. The number of hydrogen-bond donors (Lipinski definition) is 4. The van der Waals surface area contributed by atoms with Crippen LogP contribution in [0.4, 0.5) is 4.79 Å². The maximum Gasteiger partial charge on any atom is 0.344 e. The van der Waals surface area contributed by atoms with Gasteiger partial charge >= 0.3 is 12.0 Å². The predicted octanol–water partition coefficient (Wildman–Crippen LogP) is 3.73. The molecule has 4 rings (SSSR count). The molecule has 0 spiro atoms. The Morgan fingerprint density at radius 2 is 1.86 bits per heavy atom. The standard InChI is InChI=1S/C32H44N4O6S/c1-2-3-17-41-30(38)20-42-26-13-11-22(12-14-26)23-7-6-8-24(18-23)31(39)34-16-15-33-29(37)10-5-4-9-28-27-19-25(21-43-28)35-32(40)36-27/h6-8,11-14,23,25,27-28H,2-5,9-10,15-21H2,1H3,(H,33,37)(H,34,39)(H2,35,36,40)/t23?,25?,27-,28-/m0/s1. The molecule has 2 unspecified atom stereocenters. The van der Waals surface area contributed by atoms with Crippen molar-refractivity contribution in [1.29, 1.82) is 0 Å². The number of thioether (sulfide) groups is 1. The van der Waals surface area contributed by atoms with Crippen molar-refractivity contribution in [2.75, 3.05) is 32.1 Å². The lowest BCUT2D eigenvalue weighted by molar-refractivity contribution is -0.146. The van der Waals surface area contributed by atoms with Crippen LogP contribution in [0.2, 0.25) is 0 Å². The third-order valence-electron chi connectivity index (χ3n) is 7.82. The van der Waals surface area contributed by atoms with Crippen molar-refractivity contribution < 1.29 is 28.7 Å². The molecule has 11 heteroatoms. The lowest BCUT2D eigenvalue weighted by Gasteiger charge is -2.40. The Hall–Kier alpha value is -3.47. The number of esters is 1. The molecule has 2 heterocycles. The van der Waals surface area contributed by atoms with Crippen molar-refractivity contribution in [3.63, 3.8) is 0 Å². The van der Waals surface area contributed by atoms with Gasteiger partial charge in [-0.15, -0.1) is 0 Å². The van der Waals surface area contributed by atoms with Crippen molar-refractivity contribution in [3.8, 4) is 5.75 Å². The number of fused-ring (bicyclic) bond motifs is 2. The van der Waals surface area contributed by atoms with Gasteiger partial charge in [-0.1, -0.05) is 50.1 Å². The average molecular weight is 613 g/mol. The molecule has 1 aromatic carbocycles. The van der Waals surface area contributed by atoms with E-state index in [0.717, 1.165) is 49.8 Å². The van der Waals surface area contributed by atoms with E-state index in [0.29, 0.717) is 49.1 Å². The highest BCUT2D eigenvalue weighted by molar-refractivity contribution is 8.00. The van der Waals surface area contributed by atoms with Crippen molar-refractivity contribution in [3.05, 3.63) is 53.6 Å². The molecule has 2 fully saturated rings. The summed E-state index contributed by atoms with van der Waals surface area (Å²) in [5.74, 6) is 1.07. The molecule has 3 aliphatic rings. The summed E-state index contributed by atoms with van der Waals surface area (Å²) in [5.41, 5.74) is 1.73. The maximum absolute atomic E-state index is 12.8. The van der Waals surface area contributed by atoms with E-state index >= 15 is 0 Å². The van der Waals surface area contributed by atoms with Crippen LogP contribution in [0, 0.1) is 0 Å². The summed E-state index contributed by atoms with van der Waals surface area (Å²) in [6, 6.07) is 7.96. The van der Waals surface area contributed by atoms with E-state index in [4.69, 9.17) is 9.47 Å². The number of allylic oxidation sites excluding steroid dienone is 3. The van der Waals surface area contributed by atoms with Crippen LogP contribution in [0.1, 0.15) is 69.8 Å². The molecule has 43 heavy (non-hydrogen) atoms. The molecule has 0 saturated carbocycles. The zero-order valence-corrected chi connectivity index (χ0v) is 25.7. The highest BCUT2D eigenvalue weighted by Crippen LogP contribution is 2.32. The van der Waals surface area contributed by atoms with Crippen LogP contribution in [0.25, 0.3) is 0 Å². The van der Waals surface area contributed by atoms with Crippen molar-refractivity contribution >= 4 is 35.6 Å². The molecule has 1 aliphatic carbocycles. The molecular weight excluding hydrogens is 568 g/mol. The first-order valence-electron chi connectivity index (χ1n) is 15.4. The summed E-state index contributed by atoms with van der Waals surface area (Å²) in [4.78, 5) is 48.5. The first kappa shape index (κ1) is 32.4. The number of amides is 4. The number of unbranched alkanes of at least 4 members (excludes halogenated alkanes) is 2. The van der Waals surface area contributed by atoms with Crippen LogP contribution >= 0.6 is 11.8 Å². The third kappa shape index (κ3) is 10.6. The maximum atomic E-state index is 12.8. The van der Waals surface area contributed by atoms with E-state index < -0.39 is 0 Å². The monoisotopic (exact) mass is 612 g/mol. The van der Waals surface area contributed by atoms with Gasteiger partial charge in [0.25, 0.3) is 0 Å². The fourth-order valence-corrected chi connectivity index (χ4v) is 6.87. The van der Waals surface area contributed by atoms with Gasteiger partial charge in [0.15, 0.2) is 6.61 Å². The molecule has 0 radical (unpaired) electrons. The van der Waals surface area contributed by atoms with E-state index in [2.05, 4.69) is 27.3 Å². The molecule has 4 amide bonds. The quantitative estimate of drug-likeness (QED) is 0.165. The molecule has 10 nitrogen and oxygen atoms in total. The lowest BCUT2D eigenvalue weighted by atomic mass is 9.88. The lowest BCUT2D eigenvalue weighted by Crippen LogP contribution is -2.61. The van der Waals surface area contributed by atoms with Gasteiger partial charge in [0, 0.05) is 54.1 Å². The van der Waals surface area contributed by atoms with Crippen molar-refractivity contribution in [2.45, 2.75) is 81.5 Å². The first-order valence-corrected chi connectivity index (χ1v) is 16.5. The molecule has 4 atom stereocenters. The van der Waals surface area contributed by atoms with Crippen LogP contribution in [-0.2, 0) is 19.1 Å². The zero-order valence-electron chi connectivity index (χ0n) is 24.9. The van der Waals surface area contributed by atoms with Crippen LogP contribution in [0.15, 0.2) is 48.1 Å². The Balaban J connectivity index is 1.07. The molecule has 2 aliphatic heterocycles. The van der Waals surface area contributed by atoms with Gasteiger partial charge in [0.05, 0.1) is 6.61 Å². The summed E-state index contributed by atoms with van der Waals surface area (Å²) < 4.78 is 10.6. The van der Waals surface area contributed by atoms with E-state index in [-0.39, 0.29) is 48.4 Å². The molecule has 234 valence electrons. The molecule has 0 aromatic heterocycles. The summed E-state index contributed by atoms with van der Waals surface area (Å²) in [6.45, 7) is 3.06. The summed E-state index contributed by atoms with van der Waals surface area (Å²) in [5, 5.41) is 12.2. The van der Waals surface area contributed by atoms with Gasteiger partial charge in [-0.3, -0.25) is 9.59 Å². The van der Waals surface area contributed by atoms with E-state index in [1.54, 1.807) is 0 Å².